The number of rotatable bonds is 3. The minimum Gasteiger partial charge on any atom is -0.465 e. The number of ether oxygens (including phenoxy) is 1. The molecule has 2 aromatic heterocycles. The van der Waals surface area contributed by atoms with E-state index in [-0.39, 0.29) is 23.0 Å². The number of carbonyl (C=O) groups is 2. The first-order valence-corrected chi connectivity index (χ1v) is 8.29. The van der Waals surface area contributed by atoms with Gasteiger partial charge in [-0.15, -0.1) is 0 Å². The number of nitrogens with one attached hydrogen (secondary N) is 1. The topological polar surface area (TPSA) is 107 Å². The van der Waals surface area contributed by atoms with E-state index in [1.165, 1.54) is 25.6 Å². The number of pyridine rings is 1. The van der Waals surface area contributed by atoms with Crippen LogP contribution in [-0.4, -0.2) is 24.0 Å². The molecule has 7 nitrogen and oxygen atoms in total. The number of benzene rings is 1. The average Bonchev–Trinajstić information content (AvgIpc) is 3.13. The van der Waals surface area contributed by atoms with E-state index in [2.05, 4.69) is 26.9 Å². The second kappa shape index (κ2) is 8.10. The van der Waals surface area contributed by atoms with Crippen molar-refractivity contribution in [2.24, 2.45) is 0 Å². The third kappa shape index (κ3) is 4.19. The van der Waals surface area contributed by atoms with Crippen LogP contribution in [0.25, 0.3) is 0 Å². The first-order valence-electron chi connectivity index (χ1n) is 8.29. The van der Waals surface area contributed by atoms with Gasteiger partial charge in [0, 0.05) is 23.0 Å². The molecular formula is C21H17N3O4. The lowest BCUT2D eigenvalue weighted by Crippen LogP contribution is -2.12. The summed E-state index contributed by atoms with van der Waals surface area (Å²) < 4.78 is 9.86. The van der Waals surface area contributed by atoms with Crippen molar-refractivity contribution in [2.45, 2.75) is 6.92 Å². The Bertz CT molecular complexity index is 1110. The number of furan rings is 1. The highest BCUT2D eigenvalue weighted by Gasteiger charge is 2.12. The van der Waals surface area contributed by atoms with Crippen LogP contribution in [0.15, 0.2) is 53.3 Å². The number of anilines is 2. The zero-order valence-corrected chi connectivity index (χ0v) is 15.3. The van der Waals surface area contributed by atoms with Gasteiger partial charge in [-0.1, -0.05) is 17.9 Å². The number of amides is 1. The average molecular weight is 375 g/mol. The van der Waals surface area contributed by atoms with Crippen LogP contribution < -0.4 is 11.1 Å². The molecule has 0 aliphatic heterocycles. The standard InChI is InChI=1S/C21H17N3O4/c1-13-8-9-28-18(13)20(25)24-17-5-3-4-14(10-17)6-7-15-11-16(21(26)27-2)12-23-19(15)22/h3-5,8-12H,1-2H3,(H2,22,23)(H,24,25). The van der Waals surface area contributed by atoms with E-state index in [9.17, 15) is 9.59 Å². The second-order valence-electron chi connectivity index (χ2n) is 5.87. The van der Waals surface area contributed by atoms with Gasteiger partial charge < -0.3 is 20.2 Å². The number of hydrogen-bond acceptors (Lipinski definition) is 6. The van der Waals surface area contributed by atoms with Crippen LogP contribution in [-0.2, 0) is 4.74 Å². The highest BCUT2D eigenvalue weighted by Crippen LogP contribution is 2.15. The predicted octanol–water partition coefficient (Wildman–Crippen LogP) is 3.00. The molecule has 0 atom stereocenters. The predicted molar refractivity (Wildman–Crippen MR) is 104 cm³/mol. The van der Waals surface area contributed by atoms with Crippen LogP contribution in [0.5, 0.6) is 0 Å². The summed E-state index contributed by atoms with van der Waals surface area (Å²) >= 11 is 0. The number of aromatic nitrogens is 1. The van der Waals surface area contributed by atoms with Crippen molar-refractivity contribution in [1.82, 2.24) is 4.98 Å². The van der Waals surface area contributed by atoms with Crippen molar-refractivity contribution >= 4 is 23.4 Å². The maximum atomic E-state index is 12.3. The molecule has 0 spiro atoms. The molecule has 2 heterocycles. The zero-order chi connectivity index (χ0) is 20.1. The van der Waals surface area contributed by atoms with E-state index in [1.807, 2.05) is 0 Å². The van der Waals surface area contributed by atoms with Crippen molar-refractivity contribution in [3.8, 4) is 11.8 Å². The molecule has 0 radical (unpaired) electrons. The van der Waals surface area contributed by atoms with E-state index in [0.717, 1.165) is 5.56 Å². The molecule has 3 rings (SSSR count). The van der Waals surface area contributed by atoms with Gasteiger partial charge in [0.25, 0.3) is 5.91 Å². The highest BCUT2D eigenvalue weighted by molar-refractivity contribution is 6.03. The molecule has 0 unspecified atom stereocenters. The Balaban J connectivity index is 1.82. The Morgan fingerprint density at radius 1 is 1.21 bits per heavy atom. The molecule has 0 aliphatic rings. The highest BCUT2D eigenvalue weighted by atomic mass is 16.5. The van der Waals surface area contributed by atoms with E-state index in [0.29, 0.717) is 16.8 Å². The maximum absolute atomic E-state index is 12.3. The van der Waals surface area contributed by atoms with Gasteiger partial charge in [-0.2, -0.15) is 0 Å². The largest absolute Gasteiger partial charge is 0.465 e. The quantitative estimate of drug-likeness (QED) is 0.538. The molecule has 1 amide bonds. The van der Waals surface area contributed by atoms with Crippen molar-refractivity contribution in [3.05, 3.63) is 76.9 Å². The lowest BCUT2D eigenvalue weighted by molar-refractivity contribution is 0.0600. The Kier molecular flexibility index (Phi) is 5.42. The summed E-state index contributed by atoms with van der Waals surface area (Å²) in [5.41, 5.74) is 8.47. The number of carbonyl (C=O) groups excluding carboxylic acids is 2. The number of methoxy groups -OCH3 is 1. The first kappa shape index (κ1) is 18.7. The minimum atomic E-state index is -0.520. The van der Waals surface area contributed by atoms with Crippen LogP contribution in [0.4, 0.5) is 11.5 Å². The summed E-state index contributed by atoms with van der Waals surface area (Å²) in [6.45, 7) is 1.79. The normalized spacial score (nSPS) is 9.93. The molecule has 7 heteroatoms. The summed E-state index contributed by atoms with van der Waals surface area (Å²) in [7, 11) is 1.29. The van der Waals surface area contributed by atoms with Crippen molar-refractivity contribution < 1.29 is 18.7 Å². The van der Waals surface area contributed by atoms with Gasteiger partial charge in [-0.3, -0.25) is 4.79 Å². The van der Waals surface area contributed by atoms with Crippen molar-refractivity contribution in [1.29, 1.82) is 0 Å². The fourth-order valence-corrected chi connectivity index (χ4v) is 2.41. The third-order valence-electron chi connectivity index (χ3n) is 3.87. The van der Waals surface area contributed by atoms with Gasteiger partial charge in [0.05, 0.1) is 24.5 Å². The Morgan fingerprint density at radius 2 is 2.04 bits per heavy atom. The number of nitrogen functional groups attached to an aromatic ring is 1. The molecular weight excluding hydrogens is 358 g/mol. The number of aryl methyl sites for hydroxylation is 1. The SMILES string of the molecule is COC(=O)c1cnc(N)c(C#Cc2cccc(NC(=O)c3occc3C)c2)c1. The number of nitrogens with zero attached hydrogens (tertiary/aromatic N) is 1. The van der Waals surface area contributed by atoms with E-state index < -0.39 is 5.97 Å². The first-order chi connectivity index (χ1) is 13.5. The van der Waals surface area contributed by atoms with Gasteiger partial charge in [-0.05, 0) is 37.3 Å². The summed E-state index contributed by atoms with van der Waals surface area (Å²) in [6.07, 6.45) is 2.80. The third-order valence-corrected chi connectivity index (χ3v) is 3.87. The zero-order valence-electron chi connectivity index (χ0n) is 15.3. The number of nitrogens with two attached hydrogens (primary N) is 1. The number of esters is 1. The molecule has 0 aliphatic carbocycles. The van der Waals surface area contributed by atoms with Crippen molar-refractivity contribution in [3.63, 3.8) is 0 Å². The van der Waals surface area contributed by atoms with Crippen LogP contribution in [0.2, 0.25) is 0 Å². The number of hydrogen-bond donors (Lipinski definition) is 2. The van der Waals surface area contributed by atoms with Crippen LogP contribution in [0.3, 0.4) is 0 Å². The smallest absolute Gasteiger partial charge is 0.339 e. The van der Waals surface area contributed by atoms with Crippen LogP contribution in [0, 0.1) is 18.8 Å². The summed E-state index contributed by atoms with van der Waals surface area (Å²) in [6, 6.07) is 10.3. The van der Waals surface area contributed by atoms with Gasteiger partial charge in [-0.25, -0.2) is 9.78 Å². The van der Waals surface area contributed by atoms with Gasteiger partial charge in [0.15, 0.2) is 5.76 Å². The summed E-state index contributed by atoms with van der Waals surface area (Å²) in [5, 5.41) is 2.77. The lowest BCUT2D eigenvalue weighted by Gasteiger charge is -2.04. The fourth-order valence-electron chi connectivity index (χ4n) is 2.41. The minimum absolute atomic E-state index is 0.206. The second-order valence-corrected chi connectivity index (χ2v) is 5.87. The lowest BCUT2D eigenvalue weighted by atomic mass is 10.1. The molecule has 140 valence electrons. The molecule has 28 heavy (non-hydrogen) atoms. The summed E-state index contributed by atoms with van der Waals surface area (Å²) in [5.74, 6) is 5.44. The van der Waals surface area contributed by atoms with Gasteiger partial charge >= 0.3 is 5.97 Å². The Labute approximate surface area is 161 Å². The van der Waals surface area contributed by atoms with Gasteiger partial charge in [0.2, 0.25) is 0 Å². The maximum Gasteiger partial charge on any atom is 0.339 e. The van der Waals surface area contributed by atoms with Crippen molar-refractivity contribution in [2.75, 3.05) is 18.2 Å². The summed E-state index contributed by atoms with van der Waals surface area (Å²) in [4.78, 5) is 27.8. The fraction of sp³-hybridized carbons (Fsp3) is 0.0952. The van der Waals surface area contributed by atoms with Crippen LogP contribution >= 0.6 is 0 Å². The Hall–Kier alpha value is -4.05. The monoisotopic (exact) mass is 375 g/mol. The molecule has 0 saturated carbocycles. The van der Waals surface area contributed by atoms with E-state index >= 15 is 0 Å². The van der Waals surface area contributed by atoms with E-state index in [1.54, 1.807) is 37.3 Å². The molecule has 0 saturated heterocycles. The van der Waals surface area contributed by atoms with E-state index in [4.69, 9.17) is 10.2 Å². The van der Waals surface area contributed by atoms with Crippen LogP contribution in [0.1, 0.15) is 37.6 Å². The molecule has 0 fully saturated rings. The van der Waals surface area contributed by atoms with Gasteiger partial charge in [0.1, 0.15) is 5.82 Å². The Morgan fingerprint density at radius 3 is 2.75 bits per heavy atom. The molecule has 0 bridgehead atoms. The molecule has 3 aromatic rings. The molecule has 3 N–H and O–H groups in total. The molecule has 1 aromatic carbocycles.